The maximum Gasteiger partial charge on any atom is 0.261 e. The molecule has 3 N–H and O–H groups in total. The third kappa shape index (κ3) is 3.34. The molecule has 4 nitrogen and oxygen atoms in total. The zero-order chi connectivity index (χ0) is 15.6. The summed E-state index contributed by atoms with van der Waals surface area (Å²) in [4.78, 5) is -0.177. The Morgan fingerprint density at radius 2 is 1.67 bits per heavy atom. The van der Waals surface area contributed by atoms with Gasteiger partial charge in [-0.1, -0.05) is 12.1 Å². The Morgan fingerprint density at radius 1 is 1.05 bits per heavy atom. The lowest BCUT2D eigenvalue weighted by molar-refractivity contribution is 0.498. The van der Waals surface area contributed by atoms with Crippen LogP contribution in [0, 0.1) is 17.5 Å². The van der Waals surface area contributed by atoms with Crippen LogP contribution in [0.1, 0.15) is 5.56 Å². The summed E-state index contributed by atoms with van der Waals surface area (Å²) >= 11 is 0. The minimum absolute atomic E-state index is 0.177. The molecule has 0 spiro atoms. The molecule has 0 aliphatic carbocycles. The largest absolute Gasteiger partial charge is 0.326 e. The van der Waals surface area contributed by atoms with E-state index in [1.165, 1.54) is 24.3 Å². The second-order valence-corrected chi connectivity index (χ2v) is 5.89. The smallest absolute Gasteiger partial charge is 0.261 e. The van der Waals surface area contributed by atoms with Crippen molar-refractivity contribution in [3.05, 3.63) is 59.4 Å². The zero-order valence-electron chi connectivity index (χ0n) is 10.6. The van der Waals surface area contributed by atoms with Crippen LogP contribution in [-0.2, 0) is 16.6 Å². The van der Waals surface area contributed by atoms with E-state index in [2.05, 4.69) is 0 Å². The van der Waals surface area contributed by atoms with Gasteiger partial charge in [-0.15, -0.1) is 0 Å². The number of hydrogen-bond acceptors (Lipinski definition) is 3. The lowest BCUT2D eigenvalue weighted by Crippen LogP contribution is -2.15. The van der Waals surface area contributed by atoms with Crippen LogP contribution < -0.4 is 10.5 Å². The van der Waals surface area contributed by atoms with Gasteiger partial charge in [0.05, 0.1) is 10.6 Å². The van der Waals surface area contributed by atoms with Gasteiger partial charge in [-0.3, -0.25) is 4.72 Å². The molecule has 0 aliphatic rings. The summed E-state index contributed by atoms with van der Waals surface area (Å²) in [6.45, 7) is 0.234. The summed E-state index contributed by atoms with van der Waals surface area (Å²) in [5, 5.41) is 0. The summed E-state index contributed by atoms with van der Waals surface area (Å²) in [5.74, 6) is -4.05. The van der Waals surface area contributed by atoms with Gasteiger partial charge in [-0.25, -0.2) is 21.6 Å². The molecule has 0 bridgehead atoms. The SMILES string of the molecule is NCc1ccc(S(=O)(=O)Nc2cc(F)cc(F)c2F)cc1. The third-order valence-electron chi connectivity index (χ3n) is 2.71. The average Bonchev–Trinajstić information content (AvgIpc) is 2.44. The number of nitrogens with two attached hydrogens (primary N) is 1. The van der Waals surface area contributed by atoms with Gasteiger partial charge in [0.1, 0.15) is 5.82 Å². The fraction of sp³-hybridized carbons (Fsp3) is 0.0769. The molecule has 0 heterocycles. The van der Waals surface area contributed by atoms with Crippen molar-refractivity contribution in [3.8, 4) is 0 Å². The Kier molecular flexibility index (Phi) is 4.19. The summed E-state index contributed by atoms with van der Waals surface area (Å²) in [5.41, 5.74) is 5.30. The predicted octanol–water partition coefficient (Wildman–Crippen LogP) is 2.36. The molecule has 0 saturated heterocycles. The molecule has 0 atom stereocenters. The van der Waals surface area contributed by atoms with E-state index >= 15 is 0 Å². The number of sulfonamides is 1. The van der Waals surface area contributed by atoms with Gasteiger partial charge in [0, 0.05) is 18.7 Å². The highest BCUT2D eigenvalue weighted by atomic mass is 32.2. The number of rotatable bonds is 4. The van der Waals surface area contributed by atoms with Crippen LogP contribution in [0.4, 0.5) is 18.9 Å². The molecule has 0 aromatic heterocycles. The molecule has 0 saturated carbocycles. The third-order valence-corrected chi connectivity index (χ3v) is 4.09. The number of nitrogens with one attached hydrogen (secondary N) is 1. The Hall–Kier alpha value is -2.06. The van der Waals surface area contributed by atoms with E-state index in [9.17, 15) is 21.6 Å². The van der Waals surface area contributed by atoms with Crippen molar-refractivity contribution in [2.45, 2.75) is 11.4 Å². The highest BCUT2D eigenvalue weighted by Crippen LogP contribution is 2.22. The lowest BCUT2D eigenvalue weighted by atomic mass is 10.2. The van der Waals surface area contributed by atoms with Crippen molar-refractivity contribution in [3.63, 3.8) is 0 Å². The summed E-state index contributed by atoms with van der Waals surface area (Å²) < 4.78 is 65.4. The van der Waals surface area contributed by atoms with Crippen molar-refractivity contribution in [2.24, 2.45) is 5.73 Å². The van der Waals surface area contributed by atoms with Gasteiger partial charge in [-0.2, -0.15) is 0 Å². The number of benzene rings is 2. The van der Waals surface area contributed by atoms with Crippen molar-refractivity contribution in [1.82, 2.24) is 0 Å². The van der Waals surface area contributed by atoms with Gasteiger partial charge in [0.15, 0.2) is 11.6 Å². The maximum absolute atomic E-state index is 13.5. The van der Waals surface area contributed by atoms with Crippen molar-refractivity contribution >= 4 is 15.7 Å². The minimum Gasteiger partial charge on any atom is -0.326 e. The fourth-order valence-corrected chi connectivity index (χ4v) is 2.69. The molecule has 2 aromatic carbocycles. The van der Waals surface area contributed by atoms with Crippen molar-refractivity contribution < 1.29 is 21.6 Å². The summed E-state index contributed by atoms with van der Waals surface area (Å²) in [6, 6.07) is 6.37. The number of hydrogen-bond donors (Lipinski definition) is 2. The second-order valence-electron chi connectivity index (χ2n) is 4.20. The Labute approximate surface area is 119 Å². The van der Waals surface area contributed by atoms with Gasteiger partial charge < -0.3 is 5.73 Å². The van der Waals surface area contributed by atoms with E-state index in [1.807, 2.05) is 4.72 Å². The Morgan fingerprint density at radius 3 is 2.24 bits per heavy atom. The molecule has 112 valence electrons. The predicted molar refractivity (Wildman–Crippen MR) is 71.5 cm³/mol. The highest BCUT2D eigenvalue weighted by molar-refractivity contribution is 7.92. The molecule has 2 aromatic rings. The first-order valence-electron chi connectivity index (χ1n) is 5.80. The molecule has 0 amide bonds. The van der Waals surface area contributed by atoms with Gasteiger partial charge in [-0.05, 0) is 17.7 Å². The maximum atomic E-state index is 13.5. The van der Waals surface area contributed by atoms with Crippen LogP contribution in [0.25, 0.3) is 0 Å². The van der Waals surface area contributed by atoms with Crippen LogP contribution in [0.3, 0.4) is 0 Å². The van der Waals surface area contributed by atoms with E-state index in [1.54, 1.807) is 0 Å². The molecule has 21 heavy (non-hydrogen) atoms. The molecule has 8 heteroatoms. The first kappa shape index (κ1) is 15.3. The first-order chi connectivity index (χ1) is 9.83. The van der Waals surface area contributed by atoms with E-state index in [0.717, 1.165) is 0 Å². The topological polar surface area (TPSA) is 72.2 Å². The van der Waals surface area contributed by atoms with Crippen molar-refractivity contribution in [1.29, 1.82) is 0 Å². The van der Waals surface area contributed by atoms with Crippen LogP contribution >= 0.6 is 0 Å². The van der Waals surface area contributed by atoms with Crippen LogP contribution in [0.15, 0.2) is 41.3 Å². The normalized spacial score (nSPS) is 11.4. The standard InChI is InChI=1S/C13H11F3N2O2S/c14-9-5-11(15)13(16)12(6-9)18-21(19,20)10-3-1-8(7-17)2-4-10/h1-6,18H,7,17H2. The fourth-order valence-electron chi connectivity index (χ4n) is 1.64. The quantitative estimate of drug-likeness (QED) is 0.851. The lowest BCUT2D eigenvalue weighted by Gasteiger charge is -2.10. The van der Waals surface area contributed by atoms with Crippen LogP contribution in [0.2, 0.25) is 0 Å². The molecule has 0 unspecified atom stereocenters. The minimum atomic E-state index is -4.16. The van der Waals surface area contributed by atoms with Crippen molar-refractivity contribution in [2.75, 3.05) is 4.72 Å². The van der Waals surface area contributed by atoms with E-state index in [-0.39, 0.29) is 11.4 Å². The number of halogens is 3. The van der Waals surface area contributed by atoms with E-state index < -0.39 is 33.2 Å². The van der Waals surface area contributed by atoms with Gasteiger partial charge >= 0.3 is 0 Å². The molecule has 2 rings (SSSR count). The summed E-state index contributed by atoms with van der Waals surface area (Å²) in [7, 11) is -4.16. The van der Waals surface area contributed by atoms with Crippen LogP contribution in [0.5, 0.6) is 0 Å². The molecular weight excluding hydrogens is 305 g/mol. The number of anilines is 1. The Bertz CT molecular complexity index is 762. The first-order valence-corrected chi connectivity index (χ1v) is 7.28. The molecule has 0 fully saturated rings. The zero-order valence-corrected chi connectivity index (χ0v) is 11.4. The monoisotopic (exact) mass is 316 g/mol. The van der Waals surface area contributed by atoms with Crippen LogP contribution in [-0.4, -0.2) is 8.42 Å². The van der Waals surface area contributed by atoms with Gasteiger partial charge in [0.2, 0.25) is 0 Å². The summed E-state index contributed by atoms with van der Waals surface area (Å²) in [6.07, 6.45) is 0. The average molecular weight is 316 g/mol. The molecule has 0 radical (unpaired) electrons. The highest BCUT2D eigenvalue weighted by Gasteiger charge is 2.19. The van der Waals surface area contributed by atoms with E-state index in [0.29, 0.717) is 17.7 Å². The molecule has 0 aliphatic heterocycles. The second kappa shape index (κ2) is 5.74. The Balaban J connectivity index is 2.37. The van der Waals surface area contributed by atoms with E-state index in [4.69, 9.17) is 5.73 Å². The molecular formula is C13H11F3N2O2S. The van der Waals surface area contributed by atoms with Gasteiger partial charge in [0.25, 0.3) is 10.0 Å².